The zero-order valence-corrected chi connectivity index (χ0v) is 15.9. The van der Waals surface area contributed by atoms with Gasteiger partial charge < -0.3 is 14.4 Å². The summed E-state index contributed by atoms with van der Waals surface area (Å²) in [5, 5.41) is 9.70. The number of benzene rings is 1. The average molecular weight is 399 g/mol. The first-order valence-corrected chi connectivity index (χ1v) is 9.27. The van der Waals surface area contributed by atoms with Gasteiger partial charge in [0.25, 0.3) is 11.5 Å². The van der Waals surface area contributed by atoms with Crippen molar-refractivity contribution in [1.82, 2.24) is 9.47 Å². The highest BCUT2D eigenvalue weighted by molar-refractivity contribution is 7.07. The third kappa shape index (κ3) is 3.88. The van der Waals surface area contributed by atoms with Gasteiger partial charge in [0, 0.05) is 19.2 Å². The summed E-state index contributed by atoms with van der Waals surface area (Å²) in [4.78, 5) is 39.0. The highest BCUT2D eigenvalue weighted by Crippen LogP contribution is 2.07. The molecule has 1 aliphatic rings. The van der Waals surface area contributed by atoms with Crippen molar-refractivity contribution >= 4 is 34.9 Å². The average Bonchev–Trinajstić information content (AvgIpc) is 3.05. The fraction of sp³-hybridized carbons (Fsp3) is 0.263. The molecular formula is C19H17N3O5S. The Hall–Kier alpha value is -3.22. The molecule has 144 valence electrons. The van der Waals surface area contributed by atoms with Crippen LogP contribution in [0.1, 0.15) is 0 Å². The van der Waals surface area contributed by atoms with Crippen molar-refractivity contribution in [1.29, 1.82) is 5.26 Å². The molecule has 0 atom stereocenters. The fourth-order valence-corrected chi connectivity index (χ4v) is 3.80. The SMILES string of the molecule is COC(=O)/C=c1\s/c(=C(/C#N)C(=O)N2CCOCC2)n(-c2ccccc2)c1=O. The quantitative estimate of drug-likeness (QED) is 0.638. The molecule has 0 bridgehead atoms. The van der Waals surface area contributed by atoms with Crippen LogP contribution in [0.2, 0.25) is 0 Å². The molecule has 0 N–H and O–H groups in total. The topological polar surface area (TPSA) is 102 Å². The van der Waals surface area contributed by atoms with Gasteiger partial charge in [-0.15, -0.1) is 11.3 Å². The number of nitrogens with zero attached hydrogens (tertiary/aromatic N) is 3. The number of hydrogen-bond donors (Lipinski definition) is 0. The predicted octanol–water partition coefficient (Wildman–Crippen LogP) is -0.614. The van der Waals surface area contributed by atoms with Crippen LogP contribution in [0, 0.1) is 11.3 Å². The number of morpholine rings is 1. The Morgan fingerprint density at radius 2 is 1.93 bits per heavy atom. The number of methoxy groups -OCH3 is 1. The van der Waals surface area contributed by atoms with Gasteiger partial charge in [0.2, 0.25) is 0 Å². The van der Waals surface area contributed by atoms with Crippen molar-refractivity contribution in [2.75, 3.05) is 33.4 Å². The van der Waals surface area contributed by atoms with Gasteiger partial charge in [-0.2, -0.15) is 5.26 Å². The highest BCUT2D eigenvalue weighted by atomic mass is 32.1. The molecule has 0 aliphatic carbocycles. The Morgan fingerprint density at radius 3 is 2.54 bits per heavy atom. The summed E-state index contributed by atoms with van der Waals surface area (Å²) in [7, 11) is 1.21. The van der Waals surface area contributed by atoms with Gasteiger partial charge in [-0.05, 0) is 12.1 Å². The Bertz CT molecular complexity index is 1110. The van der Waals surface area contributed by atoms with E-state index in [0.29, 0.717) is 32.0 Å². The molecule has 0 spiro atoms. The van der Waals surface area contributed by atoms with Crippen molar-refractivity contribution in [3.63, 3.8) is 0 Å². The second-order valence-corrected chi connectivity index (χ2v) is 6.84. The number of carbonyl (C=O) groups is 2. The molecular weight excluding hydrogens is 382 g/mol. The molecule has 2 aromatic rings. The van der Waals surface area contributed by atoms with Crippen LogP contribution in [0.25, 0.3) is 17.3 Å². The number of rotatable bonds is 3. The second kappa shape index (κ2) is 8.65. The Labute approximate surface area is 164 Å². The Balaban J connectivity index is 2.30. The van der Waals surface area contributed by atoms with E-state index in [1.807, 2.05) is 6.07 Å². The van der Waals surface area contributed by atoms with E-state index in [1.54, 1.807) is 30.3 Å². The van der Waals surface area contributed by atoms with Gasteiger partial charge in [0.15, 0.2) is 5.57 Å². The first-order valence-electron chi connectivity index (χ1n) is 8.45. The summed E-state index contributed by atoms with van der Waals surface area (Å²) in [5.41, 5.74) is -0.165. The summed E-state index contributed by atoms with van der Waals surface area (Å²) in [6, 6.07) is 10.6. The van der Waals surface area contributed by atoms with Gasteiger partial charge in [-0.1, -0.05) is 18.2 Å². The lowest BCUT2D eigenvalue weighted by Crippen LogP contribution is -2.42. The zero-order valence-electron chi connectivity index (χ0n) is 15.1. The van der Waals surface area contributed by atoms with Crippen LogP contribution < -0.4 is 14.8 Å². The Kier molecular flexibility index (Phi) is 6.03. The van der Waals surface area contributed by atoms with Gasteiger partial charge >= 0.3 is 5.97 Å². The molecule has 1 amide bonds. The summed E-state index contributed by atoms with van der Waals surface area (Å²) in [6.45, 7) is 1.52. The standard InChI is InChI=1S/C19H17N3O5S/c1-26-16(23)11-15-18(25)22(13-5-3-2-4-6-13)19(28-15)14(12-20)17(24)21-7-9-27-10-8-21/h2-6,11H,7-10H2,1H3/b15-11-,19-14-. The molecule has 1 fully saturated rings. The largest absolute Gasteiger partial charge is 0.466 e. The summed E-state index contributed by atoms with van der Waals surface area (Å²) in [5.74, 6) is -1.16. The molecule has 28 heavy (non-hydrogen) atoms. The number of carbonyl (C=O) groups excluding carboxylic acids is 2. The van der Waals surface area contributed by atoms with Crippen LogP contribution >= 0.6 is 11.3 Å². The van der Waals surface area contributed by atoms with Crippen LogP contribution in [-0.4, -0.2) is 54.8 Å². The van der Waals surface area contributed by atoms with Gasteiger partial charge in [0.05, 0.1) is 26.0 Å². The van der Waals surface area contributed by atoms with Crippen molar-refractivity contribution in [3.05, 3.63) is 49.9 Å². The number of ether oxygens (including phenoxy) is 2. The van der Waals surface area contributed by atoms with E-state index in [4.69, 9.17) is 4.74 Å². The van der Waals surface area contributed by atoms with Crippen LogP contribution in [0.15, 0.2) is 35.1 Å². The third-order valence-corrected chi connectivity index (χ3v) is 5.22. The number of aromatic nitrogens is 1. The maximum Gasteiger partial charge on any atom is 0.332 e. The van der Waals surface area contributed by atoms with E-state index < -0.39 is 17.4 Å². The van der Waals surface area contributed by atoms with E-state index in [2.05, 4.69) is 4.74 Å². The first-order chi connectivity index (χ1) is 13.6. The lowest BCUT2D eigenvalue weighted by Gasteiger charge is -2.26. The third-order valence-electron chi connectivity index (χ3n) is 4.13. The minimum Gasteiger partial charge on any atom is -0.466 e. The minimum absolute atomic E-state index is 0.0771. The second-order valence-electron chi connectivity index (χ2n) is 5.81. The maximum absolute atomic E-state index is 12.9. The molecule has 1 saturated heterocycles. The summed E-state index contributed by atoms with van der Waals surface area (Å²) >= 11 is 0.905. The summed E-state index contributed by atoms with van der Waals surface area (Å²) in [6.07, 6.45) is 1.06. The number of amides is 1. The molecule has 0 radical (unpaired) electrons. The lowest BCUT2D eigenvalue weighted by atomic mass is 10.2. The van der Waals surface area contributed by atoms with Crippen molar-refractivity contribution in [2.45, 2.75) is 0 Å². The number of esters is 1. The highest BCUT2D eigenvalue weighted by Gasteiger charge is 2.24. The molecule has 9 heteroatoms. The normalized spacial score (nSPS) is 15.7. The number of hydrogen-bond acceptors (Lipinski definition) is 7. The fourth-order valence-electron chi connectivity index (χ4n) is 2.74. The van der Waals surface area contributed by atoms with Crippen molar-refractivity contribution < 1.29 is 19.1 Å². The van der Waals surface area contributed by atoms with Gasteiger partial charge in [-0.3, -0.25) is 14.2 Å². The summed E-state index contributed by atoms with van der Waals surface area (Å²) < 4.78 is 11.4. The minimum atomic E-state index is -0.692. The van der Waals surface area contributed by atoms with Crippen LogP contribution in [0.4, 0.5) is 0 Å². The van der Waals surface area contributed by atoms with E-state index in [-0.39, 0.29) is 14.8 Å². The van der Waals surface area contributed by atoms with Crippen molar-refractivity contribution in [2.24, 2.45) is 0 Å². The van der Waals surface area contributed by atoms with E-state index >= 15 is 0 Å². The van der Waals surface area contributed by atoms with Crippen LogP contribution in [-0.2, 0) is 19.1 Å². The monoisotopic (exact) mass is 399 g/mol. The van der Waals surface area contributed by atoms with Crippen LogP contribution in [0.3, 0.4) is 0 Å². The molecule has 8 nitrogen and oxygen atoms in total. The van der Waals surface area contributed by atoms with E-state index in [9.17, 15) is 19.6 Å². The van der Waals surface area contributed by atoms with Gasteiger partial charge in [-0.25, -0.2) is 4.79 Å². The predicted molar refractivity (Wildman–Crippen MR) is 102 cm³/mol. The first kappa shape index (κ1) is 19.5. The van der Waals surface area contributed by atoms with Gasteiger partial charge in [0.1, 0.15) is 15.3 Å². The maximum atomic E-state index is 12.9. The number of thiazole rings is 1. The molecule has 0 unspecified atom stereocenters. The van der Waals surface area contributed by atoms with E-state index in [1.165, 1.54) is 16.6 Å². The van der Waals surface area contributed by atoms with Crippen LogP contribution in [0.5, 0.6) is 0 Å². The zero-order chi connectivity index (χ0) is 20.1. The molecule has 2 heterocycles. The lowest BCUT2D eigenvalue weighted by molar-refractivity contribution is -0.133. The smallest absolute Gasteiger partial charge is 0.332 e. The number of para-hydroxylation sites is 1. The number of nitriles is 1. The molecule has 1 aliphatic heterocycles. The molecule has 0 saturated carbocycles. The van der Waals surface area contributed by atoms with Crippen molar-refractivity contribution in [3.8, 4) is 11.8 Å². The van der Waals surface area contributed by atoms with E-state index in [0.717, 1.165) is 17.4 Å². The molecule has 1 aromatic heterocycles. The molecule has 3 rings (SSSR count). The Morgan fingerprint density at radius 1 is 1.25 bits per heavy atom. The molecule has 1 aromatic carbocycles.